The number of carbonyl (C=O) groups is 8. The van der Waals surface area contributed by atoms with Gasteiger partial charge in [-0.1, -0.05) is 57.5 Å². The van der Waals surface area contributed by atoms with Crippen molar-refractivity contribution in [3.8, 4) is 11.4 Å². The molecular formula is C54H68FN9O12. The number of nitrogens with one attached hydrogen (secondary N) is 7. The molecule has 76 heavy (non-hydrogen) atoms. The molecule has 4 atom stereocenters. The number of aromatic nitrogens is 2. The number of cyclic esters (lactones) is 1. The largest absolute Gasteiger partial charge is 0.458 e. The van der Waals surface area contributed by atoms with Crippen LogP contribution in [-0.4, -0.2) is 111 Å². The van der Waals surface area contributed by atoms with Crippen LogP contribution in [0.5, 0.6) is 0 Å². The van der Waals surface area contributed by atoms with Crippen LogP contribution in [0.3, 0.4) is 0 Å². The van der Waals surface area contributed by atoms with E-state index in [9.17, 15) is 53.5 Å². The number of fused-ring (bicyclic) bond motifs is 1. The number of aromatic amines is 1. The van der Waals surface area contributed by atoms with Crippen LogP contribution in [0, 0.1) is 25.6 Å². The van der Waals surface area contributed by atoms with Crippen molar-refractivity contribution in [2.75, 3.05) is 32.7 Å². The van der Waals surface area contributed by atoms with Crippen LogP contribution in [0.2, 0.25) is 0 Å². The van der Waals surface area contributed by atoms with Crippen molar-refractivity contribution in [2.45, 2.75) is 130 Å². The van der Waals surface area contributed by atoms with Crippen LogP contribution in [0.1, 0.15) is 124 Å². The lowest BCUT2D eigenvalue weighted by Gasteiger charge is -2.32. The third kappa shape index (κ3) is 14.2. The molecule has 0 radical (unpaired) electrons. The maximum Gasteiger partial charge on any atom is 0.343 e. The number of halogens is 1. The van der Waals surface area contributed by atoms with Gasteiger partial charge in [0.1, 0.15) is 18.5 Å². The zero-order valence-corrected chi connectivity index (χ0v) is 43.5. The molecule has 0 saturated carbocycles. The Labute approximate surface area is 438 Å². The van der Waals surface area contributed by atoms with E-state index in [4.69, 9.17) is 9.72 Å². The Bertz CT molecular complexity index is 2910. The summed E-state index contributed by atoms with van der Waals surface area (Å²) in [6, 6.07) is 9.95. The monoisotopic (exact) mass is 1050 g/mol. The number of H-pyrrole nitrogens is 1. The number of carbonyl (C=O) groups excluding carboxylic acids is 8. The number of hydrogen-bond acceptors (Lipinski definition) is 13. The summed E-state index contributed by atoms with van der Waals surface area (Å²) in [7, 11) is 0. The summed E-state index contributed by atoms with van der Waals surface area (Å²) in [6.07, 6.45) is 3.35. The Kier molecular flexibility index (Phi) is 19.9. The molecule has 21 nitrogen and oxygen atoms in total. The number of unbranched alkanes of at least 4 members (excludes halogenated alkanes) is 2. The molecule has 0 fully saturated rings. The van der Waals surface area contributed by atoms with Gasteiger partial charge in [-0.15, -0.1) is 0 Å². The molecule has 2 aliphatic rings. The van der Waals surface area contributed by atoms with E-state index in [1.807, 2.05) is 6.92 Å². The number of pyridine rings is 2. The molecule has 0 saturated heterocycles. The van der Waals surface area contributed by atoms with Gasteiger partial charge in [-0.3, -0.25) is 43.6 Å². The third-order valence-electron chi connectivity index (χ3n) is 14.0. The number of benzene rings is 2. The first-order chi connectivity index (χ1) is 36.3. The highest BCUT2D eigenvalue weighted by Gasteiger charge is 2.44. The molecule has 408 valence electrons. The first kappa shape index (κ1) is 57.7. The van der Waals surface area contributed by atoms with Gasteiger partial charge >= 0.3 is 5.97 Å². The molecule has 9 N–H and O–H groups in total. The maximum atomic E-state index is 15.4. The standard InChI is InChI=1S/C54H68FN9O12/c1-6-30(3)52(72)64(75)22-13-9-12-17-42(65)57-26-45(68)58-28-46(69)61-41(23-33-15-10-8-11-16-33)51(71)59-27-44(67)56-21-14-18-43(66)60-38-20-19-34-31(4)37(55)25-39-48(34)47(38)32(5)49(62-39)40-24-36-35(50(70)63-40)29-76-53(73)54(36,74)7-2/h8,10-11,15-16,24-25,30,38,41,74-75H,6-7,9,12-14,17-23,26-29H2,1-5H3,(H,56,67)(H,57,65)(H,58,68)(H,59,71)(H,60,66)(H,61,69)(H,63,70)/t30?,38-,41?,54-/m0/s1. The van der Waals surface area contributed by atoms with Crippen molar-refractivity contribution < 1.29 is 57.8 Å². The van der Waals surface area contributed by atoms with E-state index in [-0.39, 0.29) is 98.0 Å². The van der Waals surface area contributed by atoms with E-state index in [1.165, 1.54) is 12.1 Å². The summed E-state index contributed by atoms with van der Waals surface area (Å²) in [5.74, 6) is -5.26. The lowest BCUT2D eigenvalue weighted by Crippen LogP contribution is -2.52. The van der Waals surface area contributed by atoms with Gasteiger partial charge < -0.3 is 46.7 Å². The number of nitrogens with zero attached hydrogens (tertiary/aromatic N) is 2. The number of rotatable bonds is 25. The highest BCUT2D eigenvalue weighted by Crippen LogP contribution is 2.43. The Morgan fingerprint density at radius 2 is 1.54 bits per heavy atom. The van der Waals surface area contributed by atoms with Gasteiger partial charge in [0.2, 0.25) is 41.4 Å². The molecular weight excluding hydrogens is 986 g/mol. The summed E-state index contributed by atoms with van der Waals surface area (Å²) >= 11 is 0. The van der Waals surface area contributed by atoms with Crippen LogP contribution >= 0.6 is 0 Å². The summed E-state index contributed by atoms with van der Waals surface area (Å²) in [5.41, 5.74) is 1.50. The fourth-order valence-corrected chi connectivity index (χ4v) is 9.38. The van der Waals surface area contributed by atoms with Gasteiger partial charge in [-0.05, 0) is 92.7 Å². The molecule has 4 aromatic rings. The first-order valence-corrected chi connectivity index (χ1v) is 25.8. The van der Waals surface area contributed by atoms with Gasteiger partial charge in [0.25, 0.3) is 5.56 Å². The SMILES string of the molecule is CCC(C)C(=O)N(O)CCCCCC(=O)NCC(=O)NCC(=O)NC(Cc1ccccc1)C(=O)NCC(=O)NCCCC(=O)N[C@H]1CCc2c(C)c(F)cc3nc(-c4cc5c(c(=O)[nH]4)COC(=O)[C@]5(O)CC)c(C)c1c23. The van der Waals surface area contributed by atoms with Crippen LogP contribution in [0.25, 0.3) is 22.3 Å². The molecule has 3 heterocycles. The van der Waals surface area contributed by atoms with Crippen LogP contribution in [0.4, 0.5) is 4.39 Å². The molecule has 1 aliphatic heterocycles. The quantitative estimate of drug-likeness (QED) is 0.0200. The lowest BCUT2D eigenvalue weighted by atomic mass is 9.81. The minimum atomic E-state index is -2.07. The minimum absolute atomic E-state index is 0.00530. The highest BCUT2D eigenvalue weighted by atomic mass is 19.1. The average molecular weight is 1050 g/mol. The number of aliphatic hydroxyl groups is 1. The van der Waals surface area contributed by atoms with E-state index in [0.717, 1.165) is 5.56 Å². The number of ether oxygens (including phenoxy) is 1. The minimum Gasteiger partial charge on any atom is -0.458 e. The van der Waals surface area contributed by atoms with Crippen LogP contribution in [-0.2, 0) is 68.1 Å². The second kappa shape index (κ2) is 26.3. The molecule has 1 aliphatic carbocycles. The fraction of sp³-hybridized carbons (Fsp3) is 0.481. The number of aryl methyl sites for hydroxylation is 1. The van der Waals surface area contributed by atoms with Gasteiger partial charge in [0, 0.05) is 55.3 Å². The van der Waals surface area contributed by atoms with Crippen molar-refractivity contribution >= 4 is 58.2 Å². The number of hydroxylamine groups is 2. The first-order valence-electron chi connectivity index (χ1n) is 25.8. The predicted octanol–water partition coefficient (Wildman–Crippen LogP) is 2.90. The zero-order valence-electron chi connectivity index (χ0n) is 43.5. The van der Waals surface area contributed by atoms with E-state index < -0.39 is 78.3 Å². The summed E-state index contributed by atoms with van der Waals surface area (Å²) in [5, 5.41) is 38.4. The topological polar surface area (TPSA) is 307 Å². The molecule has 7 amide bonds. The molecule has 2 aromatic carbocycles. The Morgan fingerprint density at radius 3 is 2.26 bits per heavy atom. The molecule has 0 spiro atoms. The summed E-state index contributed by atoms with van der Waals surface area (Å²) < 4.78 is 20.5. The van der Waals surface area contributed by atoms with Gasteiger partial charge in [-0.2, -0.15) is 0 Å². The molecule has 0 bridgehead atoms. The van der Waals surface area contributed by atoms with Gasteiger partial charge in [0.05, 0.1) is 48.1 Å². The highest BCUT2D eigenvalue weighted by molar-refractivity contribution is 5.94. The predicted molar refractivity (Wildman–Crippen MR) is 275 cm³/mol. The number of esters is 1. The molecule has 2 unspecified atom stereocenters. The Morgan fingerprint density at radius 1 is 0.855 bits per heavy atom. The molecule has 2 aromatic heterocycles. The number of hydrogen-bond donors (Lipinski definition) is 9. The maximum absolute atomic E-state index is 15.4. The summed E-state index contributed by atoms with van der Waals surface area (Å²) in [6.45, 7) is 7.21. The normalized spacial score (nSPS) is 16.3. The second-order valence-electron chi connectivity index (χ2n) is 19.3. The van der Waals surface area contributed by atoms with Crippen molar-refractivity contribution in [1.29, 1.82) is 0 Å². The molecule has 6 rings (SSSR count). The van der Waals surface area contributed by atoms with Gasteiger partial charge in [-0.25, -0.2) is 19.2 Å². The van der Waals surface area contributed by atoms with Crippen molar-refractivity contribution in [3.63, 3.8) is 0 Å². The Hall–Kier alpha value is -7.59. The summed E-state index contributed by atoms with van der Waals surface area (Å²) in [4.78, 5) is 123. The second-order valence-corrected chi connectivity index (χ2v) is 19.3. The molecule has 22 heteroatoms. The lowest BCUT2D eigenvalue weighted by molar-refractivity contribution is -0.172. The average Bonchev–Trinajstić information content (AvgIpc) is 3.40. The number of amides is 7. The van der Waals surface area contributed by atoms with E-state index >= 15 is 4.39 Å². The van der Waals surface area contributed by atoms with E-state index in [1.54, 1.807) is 58.0 Å². The van der Waals surface area contributed by atoms with Crippen molar-refractivity contribution in [2.24, 2.45) is 5.92 Å². The fourth-order valence-electron chi connectivity index (χ4n) is 9.38. The third-order valence-corrected chi connectivity index (χ3v) is 14.0. The zero-order chi connectivity index (χ0) is 55.3. The smallest absolute Gasteiger partial charge is 0.343 e. The van der Waals surface area contributed by atoms with E-state index in [2.05, 4.69) is 36.9 Å². The van der Waals surface area contributed by atoms with Gasteiger partial charge in [0.15, 0.2) is 5.60 Å². The van der Waals surface area contributed by atoms with Crippen LogP contribution < -0.4 is 37.5 Å². The van der Waals surface area contributed by atoms with Crippen molar-refractivity contribution in [3.05, 3.63) is 97.6 Å². The van der Waals surface area contributed by atoms with E-state index in [0.29, 0.717) is 76.7 Å². The van der Waals surface area contributed by atoms with Crippen LogP contribution in [0.15, 0.2) is 47.3 Å². The van der Waals surface area contributed by atoms with Crippen molar-refractivity contribution in [1.82, 2.24) is 46.9 Å². The Balaban J connectivity index is 0.975.